The van der Waals surface area contributed by atoms with Crippen molar-refractivity contribution in [2.24, 2.45) is 17.8 Å². The average molecular weight is 214 g/mol. The molecule has 1 aromatic rings. The lowest BCUT2D eigenvalue weighted by atomic mass is 9.75. The summed E-state index contributed by atoms with van der Waals surface area (Å²) in [6.45, 7) is 2.35. The van der Waals surface area contributed by atoms with Gasteiger partial charge in [-0.2, -0.15) is 0 Å². The minimum atomic E-state index is 0.519. The second kappa shape index (κ2) is 3.03. The molecule has 0 N–H and O–H groups in total. The van der Waals surface area contributed by atoms with Crippen molar-refractivity contribution in [2.45, 2.75) is 38.2 Å². The molecule has 0 saturated heterocycles. The standard InChI is InChI=1S/C15H18O/c1-2-9-7-10-8-12(9)14-11-5-3-4-6-13(11)16-15(10)14/h3-6,9-10,12,14-15H,2,7-8H2,1H3. The number of rotatable bonds is 1. The highest BCUT2D eigenvalue weighted by Gasteiger charge is 2.56. The van der Waals surface area contributed by atoms with E-state index in [0.29, 0.717) is 6.10 Å². The van der Waals surface area contributed by atoms with Crippen LogP contribution in [0.25, 0.3) is 0 Å². The van der Waals surface area contributed by atoms with E-state index < -0.39 is 0 Å². The van der Waals surface area contributed by atoms with Crippen LogP contribution in [0.2, 0.25) is 0 Å². The molecule has 1 nitrogen and oxygen atoms in total. The Kier molecular flexibility index (Phi) is 1.72. The Morgan fingerprint density at radius 3 is 3.00 bits per heavy atom. The molecular weight excluding hydrogens is 196 g/mol. The molecule has 1 heteroatoms. The highest BCUT2D eigenvalue weighted by molar-refractivity contribution is 5.43. The summed E-state index contributed by atoms with van der Waals surface area (Å²) in [4.78, 5) is 0. The Balaban J connectivity index is 1.77. The molecule has 1 aliphatic heterocycles. The summed E-state index contributed by atoms with van der Waals surface area (Å²) in [6.07, 6.45) is 4.70. The Labute approximate surface area is 96.8 Å². The molecule has 5 unspecified atom stereocenters. The maximum atomic E-state index is 6.16. The van der Waals surface area contributed by atoms with Gasteiger partial charge in [0.2, 0.25) is 0 Å². The number of hydrogen-bond donors (Lipinski definition) is 0. The van der Waals surface area contributed by atoms with E-state index in [-0.39, 0.29) is 0 Å². The fourth-order valence-electron chi connectivity index (χ4n) is 4.50. The van der Waals surface area contributed by atoms with Crippen molar-refractivity contribution in [1.29, 1.82) is 0 Å². The van der Waals surface area contributed by atoms with Crippen molar-refractivity contribution in [3.05, 3.63) is 29.8 Å². The highest BCUT2D eigenvalue weighted by Crippen LogP contribution is 2.61. The van der Waals surface area contributed by atoms with Crippen LogP contribution in [0.1, 0.15) is 37.7 Å². The van der Waals surface area contributed by atoms with E-state index in [4.69, 9.17) is 4.74 Å². The van der Waals surface area contributed by atoms with E-state index in [0.717, 1.165) is 23.7 Å². The lowest BCUT2D eigenvalue weighted by Gasteiger charge is -2.29. The van der Waals surface area contributed by atoms with Crippen LogP contribution >= 0.6 is 0 Å². The van der Waals surface area contributed by atoms with Gasteiger partial charge in [-0.3, -0.25) is 0 Å². The Morgan fingerprint density at radius 1 is 1.25 bits per heavy atom. The molecule has 0 spiro atoms. The van der Waals surface area contributed by atoms with Gasteiger partial charge in [-0.15, -0.1) is 0 Å². The van der Waals surface area contributed by atoms with Gasteiger partial charge in [0.1, 0.15) is 11.9 Å². The molecule has 2 aliphatic carbocycles. The summed E-state index contributed by atoms with van der Waals surface area (Å²) in [6, 6.07) is 8.69. The van der Waals surface area contributed by atoms with Crippen molar-refractivity contribution in [1.82, 2.24) is 0 Å². The molecule has 2 bridgehead atoms. The Bertz CT molecular complexity index is 425. The van der Waals surface area contributed by atoms with E-state index in [1.54, 1.807) is 0 Å². The largest absolute Gasteiger partial charge is 0.489 e. The van der Waals surface area contributed by atoms with Crippen molar-refractivity contribution < 1.29 is 4.74 Å². The maximum absolute atomic E-state index is 6.16. The van der Waals surface area contributed by atoms with E-state index in [1.165, 1.54) is 30.6 Å². The van der Waals surface area contributed by atoms with Crippen molar-refractivity contribution in [2.75, 3.05) is 0 Å². The molecular formula is C15H18O. The Morgan fingerprint density at radius 2 is 2.12 bits per heavy atom. The van der Waals surface area contributed by atoms with E-state index >= 15 is 0 Å². The molecule has 3 aliphatic rings. The third kappa shape index (κ3) is 0.971. The summed E-state index contributed by atoms with van der Waals surface area (Å²) >= 11 is 0. The van der Waals surface area contributed by atoms with Gasteiger partial charge in [0.15, 0.2) is 0 Å². The molecule has 5 atom stereocenters. The van der Waals surface area contributed by atoms with Crippen LogP contribution in [0.4, 0.5) is 0 Å². The van der Waals surface area contributed by atoms with Crippen LogP contribution in [0.15, 0.2) is 24.3 Å². The zero-order chi connectivity index (χ0) is 10.7. The summed E-state index contributed by atoms with van der Waals surface area (Å²) in [5.74, 6) is 4.60. The van der Waals surface area contributed by atoms with Gasteiger partial charge < -0.3 is 4.74 Å². The molecule has 0 radical (unpaired) electrons. The van der Waals surface area contributed by atoms with Gasteiger partial charge in [0.25, 0.3) is 0 Å². The van der Waals surface area contributed by atoms with Crippen LogP contribution < -0.4 is 4.74 Å². The molecule has 0 aromatic heterocycles. The van der Waals surface area contributed by atoms with E-state index in [9.17, 15) is 0 Å². The van der Waals surface area contributed by atoms with Gasteiger partial charge in [0.05, 0.1) is 0 Å². The summed E-state index contributed by atoms with van der Waals surface area (Å²) in [5.41, 5.74) is 1.50. The summed E-state index contributed by atoms with van der Waals surface area (Å²) < 4.78 is 6.16. The minimum absolute atomic E-state index is 0.519. The van der Waals surface area contributed by atoms with Gasteiger partial charge in [0, 0.05) is 11.5 Å². The normalized spacial score (nSPS) is 42.9. The average Bonchev–Trinajstić information content (AvgIpc) is 2.97. The summed E-state index contributed by atoms with van der Waals surface area (Å²) in [5, 5.41) is 0. The van der Waals surface area contributed by atoms with Crippen LogP contribution in [0.3, 0.4) is 0 Å². The van der Waals surface area contributed by atoms with Crippen LogP contribution in [0, 0.1) is 17.8 Å². The zero-order valence-electron chi connectivity index (χ0n) is 9.73. The zero-order valence-corrected chi connectivity index (χ0v) is 9.73. The van der Waals surface area contributed by atoms with Crippen molar-refractivity contribution in [3.8, 4) is 5.75 Å². The first-order valence-corrected chi connectivity index (χ1v) is 6.64. The molecule has 4 rings (SSSR count). The number of para-hydroxylation sites is 1. The smallest absolute Gasteiger partial charge is 0.123 e. The first kappa shape index (κ1) is 9.09. The topological polar surface area (TPSA) is 9.23 Å². The maximum Gasteiger partial charge on any atom is 0.123 e. The van der Waals surface area contributed by atoms with Gasteiger partial charge >= 0.3 is 0 Å². The molecule has 1 heterocycles. The van der Waals surface area contributed by atoms with Crippen LogP contribution in [0.5, 0.6) is 5.75 Å². The number of ether oxygens (including phenoxy) is 1. The fraction of sp³-hybridized carbons (Fsp3) is 0.600. The quantitative estimate of drug-likeness (QED) is 0.694. The van der Waals surface area contributed by atoms with Crippen LogP contribution in [-0.4, -0.2) is 6.10 Å². The molecule has 2 saturated carbocycles. The predicted molar refractivity (Wildman–Crippen MR) is 63.6 cm³/mol. The number of fused-ring (bicyclic) bond motifs is 7. The summed E-state index contributed by atoms with van der Waals surface area (Å²) in [7, 11) is 0. The lowest BCUT2D eigenvalue weighted by Crippen LogP contribution is -2.30. The fourth-order valence-corrected chi connectivity index (χ4v) is 4.50. The van der Waals surface area contributed by atoms with Crippen LogP contribution in [-0.2, 0) is 0 Å². The van der Waals surface area contributed by atoms with Gasteiger partial charge in [-0.25, -0.2) is 0 Å². The molecule has 0 amide bonds. The molecule has 16 heavy (non-hydrogen) atoms. The Hall–Kier alpha value is -0.980. The monoisotopic (exact) mass is 214 g/mol. The SMILES string of the molecule is CCC1CC2CC1C1c3ccccc3OC21. The third-order valence-electron chi connectivity index (χ3n) is 5.13. The highest BCUT2D eigenvalue weighted by atomic mass is 16.5. The predicted octanol–water partition coefficient (Wildman–Crippen LogP) is 3.60. The van der Waals surface area contributed by atoms with Gasteiger partial charge in [-0.1, -0.05) is 31.5 Å². The minimum Gasteiger partial charge on any atom is -0.489 e. The third-order valence-corrected chi connectivity index (χ3v) is 5.13. The lowest BCUT2D eigenvalue weighted by molar-refractivity contribution is 0.122. The second-order valence-corrected chi connectivity index (χ2v) is 5.71. The first-order valence-electron chi connectivity index (χ1n) is 6.64. The van der Waals surface area contributed by atoms with Gasteiger partial charge in [-0.05, 0) is 36.7 Å². The van der Waals surface area contributed by atoms with E-state index in [1.807, 2.05) is 0 Å². The molecule has 1 aromatic carbocycles. The number of hydrogen-bond acceptors (Lipinski definition) is 1. The first-order chi connectivity index (χ1) is 7.88. The second-order valence-electron chi connectivity index (χ2n) is 5.71. The van der Waals surface area contributed by atoms with Crippen molar-refractivity contribution >= 4 is 0 Å². The number of benzene rings is 1. The molecule has 84 valence electrons. The van der Waals surface area contributed by atoms with Crippen molar-refractivity contribution in [3.63, 3.8) is 0 Å². The molecule has 2 fully saturated rings. The van der Waals surface area contributed by atoms with E-state index in [2.05, 4.69) is 31.2 Å².